The highest BCUT2D eigenvalue weighted by atomic mass is 15.2. The first-order chi connectivity index (χ1) is 29.0. The maximum atomic E-state index is 2.62. The van der Waals surface area contributed by atoms with E-state index in [1.807, 2.05) is 0 Å². The Kier molecular flexibility index (Phi) is 10.4. The van der Waals surface area contributed by atoms with E-state index in [-0.39, 0.29) is 39.2 Å². The van der Waals surface area contributed by atoms with Crippen LogP contribution in [0.3, 0.4) is 0 Å². The summed E-state index contributed by atoms with van der Waals surface area (Å²) in [5.41, 5.74) is 22.2. The van der Waals surface area contributed by atoms with E-state index in [9.17, 15) is 0 Å². The summed E-state index contributed by atoms with van der Waals surface area (Å²) < 4.78 is 0. The van der Waals surface area contributed by atoms with Gasteiger partial charge in [0.05, 0.1) is 5.69 Å². The van der Waals surface area contributed by atoms with E-state index in [1.54, 1.807) is 0 Å². The van der Waals surface area contributed by atoms with E-state index >= 15 is 0 Å². The van der Waals surface area contributed by atoms with Crippen molar-refractivity contribution in [1.29, 1.82) is 0 Å². The zero-order valence-corrected chi connectivity index (χ0v) is 41.9. The lowest BCUT2D eigenvalue weighted by Crippen LogP contribution is -2.61. The lowest BCUT2D eigenvalue weighted by Gasteiger charge is -2.45. The summed E-state index contributed by atoms with van der Waals surface area (Å²) in [5, 5.41) is 0. The van der Waals surface area contributed by atoms with Gasteiger partial charge in [-0.25, -0.2) is 0 Å². The van der Waals surface area contributed by atoms with Gasteiger partial charge < -0.3 is 9.80 Å². The Morgan fingerprint density at radius 1 is 0.333 bits per heavy atom. The third-order valence-electron chi connectivity index (χ3n) is 13.8. The highest BCUT2D eigenvalue weighted by molar-refractivity contribution is 7.00. The summed E-state index contributed by atoms with van der Waals surface area (Å²) in [6, 6.07) is 45.7. The van der Waals surface area contributed by atoms with E-state index in [1.165, 1.54) is 95.0 Å². The number of hydrogen-bond acceptors (Lipinski definition) is 2. The second kappa shape index (κ2) is 14.8. The van der Waals surface area contributed by atoms with Crippen LogP contribution in [0.4, 0.5) is 34.1 Å². The minimum Gasteiger partial charge on any atom is -0.311 e. The fourth-order valence-corrected chi connectivity index (χ4v) is 9.94. The molecule has 0 saturated carbocycles. The molecule has 6 aromatic rings. The van der Waals surface area contributed by atoms with E-state index in [0.717, 1.165) is 0 Å². The molecule has 0 spiro atoms. The molecule has 0 bridgehead atoms. The molecular weight excluding hydrogens is 759 g/mol. The van der Waals surface area contributed by atoms with Gasteiger partial charge in [0.2, 0.25) is 0 Å². The first kappa shape index (κ1) is 44.6. The summed E-state index contributed by atoms with van der Waals surface area (Å²) in [4.78, 5) is 5.16. The van der Waals surface area contributed by atoms with Gasteiger partial charge in [0.1, 0.15) is 0 Å². The third kappa shape index (κ3) is 7.97. The Morgan fingerprint density at radius 2 is 0.762 bits per heavy atom. The second-order valence-corrected chi connectivity index (χ2v) is 24.9. The fraction of sp³-hybridized carbons (Fsp3) is 0.400. The standard InChI is InChI=1S/C60H73BN2/c1-55(2,3)39-23-28-43(29-24-39)62-50-32-26-41(57(7,8)9)36-47(50)61-48-37-42(58(10,11)12)27-33-51(48)63(53-21-19-20-52(62)54(53)61)49-31-25-40(56(4,5)6)35-44(49)38-22-30-45(59(13,14)15)46(34-38)60(16,17)18/h19-37H,1-18H3. The van der Waals surface area contributed by atoms with Crippen LogP contribution in [0, 0.1) is 0 Å². The van der Waals surface area contributed by atoms with Crippen LogP contribution in [0.2, 0.25) is 0 Å². The minimum atomic E-state index is -0.0267. The predicted molar refractivity (Wildman–Crippen MR) is 278 cm³/mol. The number of fused-ring (bicyclic) bond motifs is 4. The lowest BCUT2D eigenvalue weighted by molar-refractivity contribution is 0.530. The Bertz CT molecular complexity index is 2730. The molecule has 6 aromatic carbocycles. The van der Waals surface area contributed by atoms with Crippen LogP contribution >= 0.6 is 0 Å². The Morgan fingerprint density at radius 3 is 1.24 bits per heavy atom. The number of anilines is 6. The molecule has 0 radical (unpaired) electrons. The Hall–Kier alpha value is -5.02. The molecule has 2 aliphatic rings. The second-order valence-electron chi connectivity index (χ2n) is 24.9. The van der Waals surface area contributed by atoms with E-state index in [2.05, 4.69) is 250 Å². The van der Waals surface area contributed by atoms with Crippen LogP contribution in [-0.2, 0) is 32.5 Å². The summed E-state index contributed by atoms with van der Waals surface area (Å²) in [7, 11) is 0. The quantitative estimate of drug-likeness (QED) is 0.164. The molecule has 0 atom stereocenters. The Balaban J connectivity index is 1.48. The van der Waals surface area contributed by atoms with Crippen molar-refractivity contribution < 1.29 is 0 Å². The molecule has 0 saturated heterocycles. The first-order valence-electron chi connectivity index (χ1n) is 23.5. The van der Waals surface area contributed by atoms with Crippen molar-refractivity contribution in [2.24, 2.45) is 0 Å². The molecule has 2 aliphatic heterocycles. The van der Waals surface area contributed by atoms with Crippen LogP contribution in [0.5, 0.6) is 0 Å². The molecule has 0 amide bonds. The molecule has 0 N–H and O–H groups in total. The molecule has 0 fully saturated rings. The van der Waals surface area contributed by atoms with Crippen molar-refractivity contribution in [3.8, 4) is 11.1 Å². The average molecular weight is 833 g/mol. The van der Waals surface area contributed by atoms with Gasteiger partial charge in [-0.05, 0) is 136 Å². The summed E-state index contributed by atoms with van der Waals surface area (Å²) in [6.45, 7) is 42.2. The molecular formula is C60H73BN2. The molecule has 3 heteroatoms. The molecule has 326 valence electrons. The normalized spacial score (nSPS) is 14.4. The monoisotopic (exact) mass is 833 g/mol. The SMILES string of the molecule is CC(C)(C)c1ccc(N2c3ccc(C(C)(C)C)cc3B3c4cc(C(C)(C)C)ccc4N(c4ccc(C(C)(C)C)cc4-c4ccc(C(C)(C)C)c(C(C)(C)C)c4)c4cccc2c43)cc1. The predicted octanol–water partition coefficient (Wildman–Crippen LogP) is 15.2. The maximum absolute atomic E-state index is 2.62. The minimum absolute atomic E-state index is 0.0110. The van der Waals surface area contributed by atoms with Crippen LogP contribution in [0.15, 0.2) is 115 Å². The van der Waals surface area contributed by atoms with Crippen molar-refractivity contribution in [3.63, 3.8) is 0 Å². The number of nitrogens with zero attached hydrogens (tertiary/aromatic N) is 2. The van der Waals surface area contributed by atoms with Gasteiger partial charge >= 0.3 is 0 Å². The van der Waals surface area contributed by atoms with Crippen LogP contribution in [0.25, 0.3) is 11.1 Å². The van der Waals surface area contributed by atoms with Crippen LogP contribution < -0.4 is 26.2 Å². The molecule has 0 aliphatic carbocycles. The van der Waals surface area contributed by atoms with Gasteiger partial charge in [0, 0.05) is 34.0 Å². The lowest BCUT2D eigenvalue weighted by atomic mass is 9.33. The maximum Gasteiger partial charge on any atom is 0.252 e. The van der Waals surface area contributed by atoms with Gasteiger partial charge in [-0.1, -0.05) is 191 Å². The molecule has 0 aromatic heterocycles. The largest absolute Gasteiger partial charge is 0.311 e. The number of rotatable bonds is 3. The van der Waals surface area contributed by atoms with Crippen molar-refractivity contribution in [2.75, 3.05) is 9.80 Å². The Labute approximate surface area is 382 Å². The number of hydrogen-bond donors (Lipinski definition) is 0. The fourth-order valence-electron chi connectivity index (χ4n) is 9.94. The van der Waals surface area contributed by atoms with Crippen molar-refractivity contribution >= 4 is 57.2 Å². The molecule has 63 heavy (non-hydrogen) atoms. The molecule has 2 heterocycles. The van der Waals surface area contributed by atoms with E-state index in [0.29, 0.717) is 0 Å². The van der Waals surface area contributed by atoms with Gasteiger partial charge in [-0.3, -0.25) is 0 Å². The third-order valence-corrected chi connectivity index (χ3v) is 13.8. The van der Waals surface area contributed by atoms with Crippen LogP contribution in [-0.4, -0.2) is 6.71 Å². The summed E-state index contributed by atoms with van der Waals surface area (Å²) in [5.74, 6) is 0. The van der Waals surface area contributed by atoms with Gasteiger partial charge in [0.15, 0.2) is 0 Å². The van der Waals surface area contributed by atoms with Crippen LogP contribution in [0.1, 0.15) is 158 Å². The van der Waals surface area contributed by atoms with Crippen molar-refractivity contribution in [1.82, 2.24) is 0 Å². The topological polar surface area (TPSA) is 6.48 Å². The van der Waals surface area contributed by atoms with Crippen molar-refractivity contribution in [3.05, 3.63) is 149 Å². The summed E-state index contributed by atoms with van der Waals surface area (Å²) >= 11 is 0. The van der Waals surface area contributed by atoms with Gasteiger partial charge in [0.25, 0.3) is 6.71 Å². The zero-order chi connectivity index (χ0) is 46.0. The van der Waals surface area contributed by atoms with Gasteiger partial charge in [-0.2, -0.15) is 0 Å². The summed E-state index contributed by atoms with van der Waals surface area (Å²) in [6.07, 6.45) is 0. The molecule has 2 nitrogen and oxygen atoms in total. The molecule has 0 unspecified atom stereocenters. The highest BCUT2D eigenvalue weighted by Crippen LogP contribution is 2.49. The van der Waals surface area contributed by atoms with Gasteiger partial charge in [-0.15, -0.1) is 0 Å². The smallest absolute Gasteiger partial charge is 0.252 e. The average Bonchev–Trinajstić information content (AvgIpc) is 3.18. The molecule has 8 rings (SSSR count). The van der Waals surface area contributed by atoms with E-state index in [4.69, 9.17) is 0 Å². The first-order valence-corrected chi connectivity index (χ1v) is 23.5. The van der Waals surface area contributed by atoms with Crippen molar-refractivity contribution in [2.45, 2.75) is 157 Å². The van der Waals surface area contributed by atoms with E-state index < -0.39 is 0 Å². The zero-order valence-electron chi connectivity index (χ0n) is 41.9. The highest BCUT2D eigenvalue weighted by Gasteiger charge is 2.44. The number of benzene rings is 6.